The van der Waals surface area contributed by atoms with E-state index in [1.54, 1.807) is 12.1 Å². The number of ether oxygens (including phenoxy) is 1. The second kappa shape index (κ2) is 8.74. The van der Waals surface area contributed by atoms with Crippen LogP contribution in [0.4, 0.5) is 32.0 Å². The Morgan fingerprint density at radius 3 is 2.30 bits per heavy atom. The van der Waals surface area contributed by atoms with Crippen molar-refractivity contribution >= 4 is 16.6 Å². The van der Waals surface area contributed by atoms with Crippen LogP contribution in [0.15, 0.2) is 48.5 Å². The fraction of sp³-hybridized carbons (Fsp3) is 0.348. The Bertz CT molecular complexity index is 1140. The van der Waals surface area contributed by atoms with E-state index < -0.39 is 41.8 Å². The number of anilines is 1. The van der Waals surface area contributed by atoms with Gasteiger partial charge in [0.05, 0.1) is 16.8 Å². The van der Waals surface area contributed by atoms with E-state index in [0.29, 0.717) is 17.9 Å². The zero-order valence-corrected chi connectivity index (χ0v) is 17.2. The number of hydrogen-bond donors (Lipinski definition) is 1. The Morgan fingerprint density at radius 1 is 0.939 bits per heavy atom. The summed E-state index contributed by atoms with van der Waals surface area (Å²) in [5.41, 5.74) is -3.24. The third-order valence-corrected chi connectivity index (χ3v) is 5.54. The molecule has 1 atom stereocenters. The van der Waals surface area contributed by atoms with E-state index in [9.17, 15) is 31.4 Å². The number of halogens is 6. The van der Waals surface area contributed by atoms with E-state index in [4.69, 9.17) is 4.74 Å². The first-order valence-electron chi connectivity index (χ1n) is 10.3. The van der Waals surface area contributed by atoms with E-state index >= 15 is 0 Å². The number of aromatic nitrogens is 1. The van der Waals surface area contributed by atoms with Crippen molar-refractivity contribution in [2.45, 2.75) is 31.3 Å². The number of para-hydroxylation sites is 3. The van der Waals surface area contributed by atoms with Gasteiger partial charge in [-0.1, -0.05) is 24.3 Å². The molecule has 0 aliphatic carbocycles. The molecular weight excluding hydrogens is 450 g/mol. The van der Waals surface area contributed by atoms with Crippen molar-refractivity contribution < 1.29 is 36.2 Å². The normalized spacial score (nSPS) is 15.8. The molecule has 10 heteroatoms. The minimum absolute atomic E-state index is 0.221. The Morgan fingerprint density at radius 2 is 1.64 bits per heavy atom. The molecule has 1 aliphatic rings. The molecule has 1 N–H and O–H groups in total. The van der Waals surface area contributed by atoms with E-state index in [0.717, 1.165) is 37.7 Å². The summed E-state index contributed by atoms with van der Waals surface area (Å²) in [4.78, 5) is 5.34. The second-order valence-electron chi connectivity index (χ2n) is 7.78. The lowest BCUT2D eigenvalue weighted by atomic mass is 10.00. The van der Waals surface area contributed by atoms with Crippen LogP contribution in [0.3, 0.4) is 0 Å². The lowest BCUT2D eigenvalue weighted by molar-refractivity contribution is -0.142. The minimum atomic E-state index is -5.00. The number of alkyl halides is 6. The van der Waals surface area contributed by atoms with Crippen molar-refractivity contribution in [2.75, 3.05) is 24.6 Å². The highest BCUT2D eigenvalue weighted by molar-refractivity contribution is 5.86. The van der Waals surface area contributed by atoms with Gasteiger partial charge in [-0.25, -0.2) is 4.98 Å². The molecule has 1 aromatic heterocycles. The molecule has 1 saturated heterocycles. The number of hydrogen-bond acceptors (Lipinski definition) is 4. The first kappa shape index (κ1) is 23.2. The third-order valence-electron chi connectivity index (χ3n) is 5.54. The SMILES string of the molecule is OC(COc1ccccc1N1CCCC1)c1cc(C(F)(F)F)nc2c(C(F)(F)F)cccc12. The van der Waals surface area contributed by atoms with Gasteiger partial charge in [0.1, 0.15) is 24.2 Å². The molecule has 33 heavy (non-hydrogen) atoms. The van der Waals surface area contributed by atoms with Gasteiger partial charge in [-0.05, 0) is 42.7 Å². The van der Waals surface area contributed by atoms with E-state index in [1.165, 1.54) is 6.07 Å². The average molecular weight is 470 g/mol. The van der Waals surface area contributed by atoms with Crippen molar-refractivity contribution in [3.05, 3.63) is 65.4 Å². The number of pyridine rings is 1. The summed E-state index contributed by atoms with van der Waals surface area (Å²) in [7, 11) is 0. The zero-order valence-electron chi connectivity index (χ0n) is 17.2. The highest BCUT2D eigenvalue weighted by Crippen LogP contribution is 2.39. The smallest absolute Gasteiger partial charge is 0.433 e. The first-order valence-corrected chi connectivity index (χ1v) is 10.3. The number of aliphatic hydroxyl groups excluding tert-OH is 1. The van der Waals surface area contributed by atoms with Crippen LogP contribution in [0.25, 0.3) is 10.9 Å². The topological polar surface area (TPSA) is 45.6 Å². The Balaban J connectivity index is 1.71. The summed E-state index contributed by atoms with van der Waals surface area (Å²) in [6.45, 7) is 1.21. The highest BCUT2D eigenvalue weighted by Gasteiger charge is 2.38. The molecule has 1 aliphatic heterocycles. The largest absolute Gasteiger partial charge is 0.488 e. The predicted octanol–water partition coefficient (Wildman–Crippen LogP) is 5.99. The van der Waals surface area contributed by atoms with Crippen molar-refractivity contribution in [3.63, 3.8) is 0 Å². The monoisotopic (exact) mass is 470 g/mol. The van der Waals surface area contributed by atoms with Gasteiger partial charge in [0.25, 0.3) is 0 Å². The molecule has 0 radical (unpaired) electrons. The molecule has 1 unspecified atom stereocenters. The molecule has 176 valence electrons. The molecule has 0 saturated carbocycles. The predicted molar refractivity (Wildman–Crippen MR) is 110 cm³/mol. The van der Waals surface area contributed by atoms with Gasteiger partial charge in [-0.3, -0.25) is 0 Å². The van der Waals surface area contributed by atoms with Gasteiger partial charge in [-0.2, -0.15) is 26.3 Å². The summed E-state index contributed by atoms with van der Waals surface area (Å²) in [5.74, 6) is 0.434. The standard InChI is InChI=1S/C23H20F6N2O2/c24-22(25,26)16-7-5-6-14-15(12-20(23(27,28)29)30-21(14)16)18(32)13-33-19-9-2-1-8-17(19)31-10-3-4-11-31/h1-2,5-9,12,18,32H,3-4,10-11,13H2. The van der Waals surface area contributed by atoms with Crippen LogP contribution >= 0.6 is 0 Å². The number of benzene rings is 2. The van der Waals surface area contributed by atoms with E-state index in [-0.39, 0.29) is 10.9 Å². The van der Waals surface area contributed by atoms with Crippen LogP contribution in [-0.2, 0) is 12.4 Å². The number of aliphatic hydroxyl groups is 1. The van der Waals surface area contributed by atoms with Crippen LogP contribution in [0, 0.1) is 0 Å². The van der Waals surface area contributed by atoms with E-state index in [2.05, 4.69) is 9.88 Å². The Labute approximate surface area is 185 Å². The molecule has 1 fully saturated rings. The molecule has 0 bridgehead atoms. The maximum atomic E-state index is 13.4. The lowest BCUT2D eigenvalue weighted by Gasteiger charge is -2.23. The van der Waals surface area contributed by atoms with Gasteiger partial charge in [-0.15, -0.1) is 0 Å². The summed E-state index contributed by atoms with van der Waals surface area (Å²) >= 11 is 0. The zero-order chi connectivity index (χ0) is 23.8. The molecule has 4 rings (SSSR count). The summed E-state index contributed by atoms with van der Waals surface area (Å²) in [6.07, 6.45) is -9.50. The van der Waals surface area contributed by atoms with Gasteiger partial charge in [0, 0.05) is 18.5 Å². The summed E-state index contributed by atoms with van der Waals surface area (Å²) < 4.78 is 86.2. The maximum absolute atomic E-state index is 13.4. The fourth-order valence-corrected chi connectivity index (χ4v) is 3.98. The molecular formula is C23H20F6N2O2. The molecule has 4 nitrogen and oxygen atoms in total. The van der Waals surface area contributed by atoms with Crippen LogP contribution in [0.1, 0.15) is 35.8 Å². The molecule has 0 spiro atoms. The van der Waals surface area contributed by atoms with Crippen LogP contribution in [0.2, 0.25) is 0 Å². The molecule has 3 aromatic rings. The van der Waals surface area contributed by atoms with Crippen molar-refractivity contribution in [3.8, 4) is 5.75 Å². The summed E-state index contributed by atoms with van der Waals surface area (Å²) in [6, 6.07) is 10.6. The second-order valence-corrected chi connectivity index (χ2v) is 7.78. The molecule has 2 aromatic carbocycles. The first-order chi connectivity index (χ1) is 15.6. The molecule has 2 heterocycles. The van der Waals surface area contributed by atoms with Gasteiger partial charge in [0.15, 0.2) is 0 Å². The number of rotatable bonds is 5. The quantitative estimate of drug-likeness (QED) is 0.466. The minimum Gasteiger partial charge on any atom is -0.488 e. The molecule has 0 amide bonds. The fourth-order valence-electron chi connectivity index (χ4n) is 3.98. The lowest BCUT2D eigenvalue weighted by Crippen LogP contribution is -2.20. The Hall–Kier alpha value is -3.01. The Kier molecular flexibility index (Phi) is 6.13. The van der Waals surface area contributed by atoms with Gasteiger partial charge in [0.2, 0.25) is 0 Å². The van der Waals surface area contributed by atoms with Crippen molar-refractivity contribution in [1.82, 2.24) is 4.98 Å². The van der Waals surface area contributed by atoms with Crippen LogP contribution < -0.4 is 9.64 Å². The number of fused-ring (bicyclic) bond motifs is 1. The van der Waals surface area contributed by atoms with Crippen LogP contribution in [0.5, 0.6) is 5.75 Å². The number of nitrogens with zero attached hydrogens (tertiary/aromatic N) is 2. The van der Waals surface area contributed by atoms with Gasteiger partial charge < -0.3 is 14.7 Å². The summed E-state index contributed by atoms with van der Waals surface area (Å²) in [5, 5.41) is 10.5. The van der Waals surface area contributed by atoms with Crippen molar-refractivity contribution in [1.29, 1.82) is 0 Å². The van der Waals surface area contributed by atoms with Gasteiger partial charge >= 0.3 is 12.4 Å². The van der Waals surface area contributed by atoms with E-state index in [1.807, 2.05) is 12.1 Å². The average Bonchev–Trinajstić information content (AvgIpc) is 3.30. The third kappa shape index (κ3) is 4.85. The maximum Gasteiger partial charge on any atom is 0.433 e. The highest BCUT2D eigenvalue weighted by atomic mass is 19.4. The van der Waals surface area contributed by atoms with Crippen molar-refractivity contribution in [2.24, 2.45) is 0 Å². The van der Waals surface area contributed by atoms with Crippen LogP contribution in [-0.4, -0.2) is 29.8 Å².